The Labute approximate surface area is 152 Å². The van der Waals surface area contributed by atoms with Crippen LogP contribution in [0.15, 0.2) is 77.9 Å². The number of aliphatic imine (C=N–C) groups is 1. The molecule has 0 unspecified atom stereocenters. The van der Waals surface area contributed by atoms with Gasteiger partial charge < -0.3 is 20.5 Å². The number of nitrogens with one attached hydrogen (secondary N) is 1. The summed E-state index contributed by atoms with van der Waals surface area (Å²) < 4.78 is 10.8. The summed E-state index contributed by atoms with van der Waals surface area (Å²) in [6.07, 6.45) is 1.71. The Balaban J connectivity index is 1.61. The Morgan fingerprint density at radius 2 is 1.85 bits per heavy atom. The van der Waals surface area contributed by atoms with Crippen LogP contribution < -0.4 is 20.5 Å². The van der Waals surface area contributed by atoms with E-state index in [1.165, 1.54) is 0 Å². The number of nitrogens with zero attached hydrogens (tertiary/aromatic N) is 2. The highest BCUT2D eigenvalue weighted by molar-refractivity contribution is 5.92. The molecule has 0 atom stereocenters. The Kier molecular flexibility index (Phi) is 5.67. The zero-order chi connectivity index (χ0) is 18.2. The number of methoxy groups -OCH3 is 1. The molecule has 3 N–H and O–H groups in total. The van der Waals surface area contributed by atoms with Crippen molar-refractivity contribution in [3.63, 3.8) is 0 Å². The standard InChI is InChI=1S/C20H20N4O2/c1-25-19-11-10-15(13-22-19)14-23-20(21)24-16-6-5-9-18(12-16)26-17-7-3-2-4-8-17/h2-13H,14H2,1H3,(H3,21,23,24). The zero-order valence-corrected chi connectivity index (χ0v) is 14.4. The first-order valence-corrected chi connectivity index (χ1v) is 8.12. The van der Waals surface area contributed by atoms with Crippen LogP contribution in [-0.4, -0.2) is 18.1 Å². The van der Waals surface area contributed by atoms with E-state index in [4.69, 9.17) is 15.2 Å². The Hall–Kier alpha value is -3.54. The minimum Gasteiger partial charge on any atom is -0.481 e. The van der Waals surface area contributed by atoms with Crippen LogP contribution in [0.25, 0.3) is 0 Å². The number of hydrogen-bond acceptors (Lipinski definition) is 4. The lowest BCUT2D eigenvalue weighted by Crippen LogP contribution is -2.22. The highest BCUT2D eigenvalue weighted by Crippen LogP contribution is 2.23. The summed E-state index contributed by atoms with van der Waals surface area (Å²) in [7, 11) is 1.58. The van der Waals surface area contributed by atoms with Gasteiger partial charge in [0.2, 0.25) is 5.88 Å². The number of benzene rings is 2. The number of aromatic nitrogens is 1. The monoisotopic (exact) mass is 348 g/mol. The molecule has 0 aliphatic carbocycles. The molecule has 2 aromatic carbocycles. The zero-order valence-electron chi connectivity index (χ0n) is 14.4. The Bertz CT molecular complexity index is 864. The number of hydrogen-bond donors (Lipinski definition) is 2. The molecule has 0 spiro atoms. The molecule has 0 saturated heterocycles. The van der Waals surface area contributed by atoms with E-state index >= 15 is 0 Å². The second-order valence-corrected chi connectivity index (χ2v) is 5.48. The number of nitrogens with two attached hydrogens (primary N) is 1. The van der Waals surface area contributed by atoms with E-state index in [1.807, 2.05) is 60.7 Å². The molecule has 26 heavy (non-hydrogen) atoms. The number of pyridine rings is 1. The van der Waals surface area contributed by atoms with Crippen LogP contribution in [0.5, 0.6) is 17.4 Å². The van der Waals surface area contributed by atoms with E-state index in [1.54, 1.807) is 19.4 Å². The summed E-state index contributed by atoms with van der Waals surface area (Å²) in [4.78, 5) is 8.46. The number of ether oxygens (including phenoxy) is 2. The van der Waals surface area contributed by atoms with E-state index in [-0.39, 0.29) is 0 Å². The number of anilines is 1. The van der Waals surface area contributed by atoms with Crippen LogP contribution in [0.4, 0.5) is 5.69 Å². The van der Waals surface area contributed by atoms with Crippen LogP contribution >= 0.6 is 0 Å². The van der Waals surface area contributed by atoms with Crippen LogP contribution in [-0.2, 0) is 6.54 Å². The van der Waals surface area contributed by atoms with Gasteiger partial charge in [-0.25, -0.2) is 9.98 Å². The van der Waals surface area contributed by atoms with Gasteiger partial charge in [0.25, 0.3) is 0 Å². The highest BCUT2D eigenvalue weighted by atomic mass is 16.5. The average Bonchev–Trinajstić information content (AvgIpc) is 2.68. The van der Waals surface area contributed by atoms with Crippen molar-refractivity contribution in [1.29, 1.82) is 0 Å². The summed E-state index contributed by atoms with van der Waals surface area (Å²) in [6.45, 7) is 0.427. The van der Waals surface area contributed by atoms with E-state index in [0.29, 0.717) is 24.1 Å². The summed E-state index contributed by atoms with van der Waals surface area (Å²) in [5.74, 6) is 2.38. The summed E-state index contributed by atoms with van der Waals surface area (Å²) in [5.41, 5.74) is 7.71. The van der Waals surface area contributed by atoms with E-state index in [0.717, 1.165) is 17.0 Å². The molecular formula is C20H20N4O2. The largest absolute Gasteiger partial charge is 0.481 e. The van der Waals surface area contributed by atoms with Crippen LogP contribution in [0.2, 0.25) is 0 Å². The number of rotatable bonds is 6. The van der Waals surface area contributed by atoms with Gasteiger partial charge in [0, 0.05) is 24.0 Å². The SMILES string of the molecule is COc1ccc(CN=C(N)Nc2cccc(Oc3ccccc3)c2)cn1. The smallest absolute Gasteiger partial charge is 0.212 e. The quantitative estimate of drug-likeness (QED) is 0.523. The average molecular weight is 348 g/mol. The highest BCUT2D eigenvalue weighted by Gasteiger charge is 2.01. The van der Waals surface area contributed by atoms with Gasteiger partial charge in [-0.05, 0) is 29.8 Å². The normalized spacial score (nSPS) is 11.0. The Morgan fingerprint density at radius 3 is 2.58 bits per heavy atom. The Morgan fingerprint density at radius 1 is 1.04 bits per heavy atom. The van der Waals surface area contributed by atoms with Gasteiger partial charge in [-0.1, -0.05) is 30.3 Å². The molecule has 0 bridgehead atoms. The maximum Gasteiger partial charge on any atom is 0.212 e. The van der Waals surface area contributed by atoms with Gasteiger partial charge in [-0.15, -0.1) is 0 Å². The molecule has 0 aliphatic heterocycles. The molecule has 0 fully saturated rings. The van der Waals surface area contributed by atoms with Gasteiger partial charge in [0.05, 0.1) is 13.7 Å². The molecule has 0 aliphatic rings. The van der Waals surface area contributed by atoms with Crippen molar-refractivity contribution in [2.24, 2.45) is 10.7 Å². The lowest BCUT2D eigenvalue weighted by Gasteiger charge is -2.09. The second-order valence-electron chi connectivity index (χ2n) is 5.48. The predicted octanol–water partition coefficient (Wildman–Crippen LogP) is 3.81. The van der Waals surface area contributed by atoms with Crippen molar-refractivity contribution < 1.29 is 9.47 Å². The lowest BCUT2D eigenvalue weighted by atomic mass is 10.3. The van der Waals surface area contributed by atoms with Gasteiger partial charge in [-0.2, -0.15) is 0 Å². The minimum atomic E-state index is 0.317. The van der Waals surface area contributed by atoms with Crippen molar-refractivity contribution in [2.45, 2.75) is 6.54 Å². The summed E-state index contributed by atoms with van der Waals surface area (Å²) >= 11 is 0. The van der Waals surface area contributed by atoms with Gasteiger partial charge in [-0.3, -0.25) is 0 Å². The van der Waals surface area contributed by atoms with E-state index in [2.05, 4.69) is 15.3 Å². The second kappa shape index (κ2) is 8.53. The predicted molar refractivity (Wildman–Crippen MR) is 103 cm³/mol. The number of para-hydroxylation sites is 1. The first-order chi connectivity index (χ1) is 12.7. The summed E-state index contributed by atoms with van der Waals surface area (Å²) in [5, 5.41) is 3.06. The first-order valence-electron chi connectivity index (χ1n) is 8.12. The van der Waals surface area contributed by atoms with E-state index < -0.39 is 0 Å². The fourth-order valence-electron chi connectivity index (χ4n) is 2.25. The molecule has 3 rings (SSSR count). The molecule has 6 nitrogen and oxygen atoms in total. The van der Waals surface area contributed by atoms with Crippen LogP contribution in [0.1, 0.15) is 5.56 Å². The fraction of sp³-hybridized carbons (Fsp3) is 0.100. The maximum absolute atomic E-state index is 5.97. The third-order valence-corrected chi connectivity index (χ3v) is 3.52. The van der Waals surface area contributed by atoms with Gasteiger partial charge in [0.15, 0.2) is 5.96 Å². The first kappa shape index (κ1) is 17.3. The third kappa shape index (κ3) is 4.98. The van der Waals surface area contributed by atoms with Gasteiger partial charge in [0.1, 0.15) is 11.5 Å². The maximum atomic E-state index is 5.97. The molecule has 1 aromatic heterocycles. The van der Waals surface area contributed by atoms with Crippen molar-refractivity contribution in [3.05, 3.63) is 78.5 Å². The van der Waals surface area contributed by atoms with Crippen molar-refractivity contribution in [2.75, 3.05) is 12.4 Å². The fourth-order valence-corrected chi connectivity index (χ4v) is 2.25. The molecule has 0 amide bonds. The van der Waals surface area contributed by atoms with E-state index in [9.17, 15) is 0 Å². The van der Waals surface area contributed by atoms with Crippen LogP contribution in [0, 0.1) is 0 Å². The number of guanidine groups is 1. The molecular weight excluding hydrogens is 328 g/mol. The third-order valence-electron chi connectivity index (χ3n) is 3.52. The van der Waals surface area contributed by atoms with Gasteiger partial charge >= 0.3 is 0 Å². The molecule has 6 heteroatoms. The molecule has 1 heterocycles. The molecule has 0 saturated carbocycles. The lowest BCUT2D eigenvalue weighted by molar-refractivity contribution is 0.397. The molecule has 3 aromatic rings. The minimum absolute atomic E-state index is 0.317. The topological polar surface area (TPSA) is 81.8 Å². The van der Waals surface area contributed by atoms with Crippen molar-refractivity contribution in [1.82, 2.24) is 4.98 Å². The summed E-state index contributed by atoms with van der Waals surface area (Å²) in [6, 6.07) is 20.8. The van der Waals surface area contributed by atoms with Crippen molar-refractivity contribution >= 4 is 11.6 Å². The van der Waals surface area contributed by atoms with Crippen LogP contribution in [0.3, 0.4) is 0 Å². The molecule has 132 valence electrons. The van der Waals surface area contributed by atoms with Crippen molar-refractivity contribution in [3.8, 4) is 17.4 Å². The molecule has 0 radical (unpaired) electrons.